The second-order valence-electron chi connectivity index (χ2n) is 8.84. The summed E-state index contributed by atoms with van der Waals surface area (Å²) in [6, 6.07) is 14.1. The quantitative estimate of drug-likeness (QED) is 0.453. The summed E-state index contributed by atoms with van der Waals surface area (Å²) < 4.78 is 1.63. The van der Waals surface area contributed by atoms with Gasteiger partial charge in [-0.05, 0) is 42.9 Å². The third kappa shape index (κ3) is 3.43. The number of nitrogens with zero attached hydrogens (tertiary/aromatic N) is 6. The Labute approximate surface area is 196 Å². The van der Waals surface area contributed by atoms with Crippen LogP contribution in [0.2, 0.25) is 0 Å². The van der Waals surface area contributed by atoms with Crippen LogP contribution >= 0.6 is 0 Å². The van der Waals surface area contributed by atoms with Crippen molar-refractivity contribution in [3.05, 3.63) is 71.5 Å². The summed E-state index contributed by atoms with van der Waals surface area (Å²) in [5.41, 5.74) is 5.88. The minimum absolute atomic E-state index is 0.167. The minimum Gasteiger partial charge on any atom is -0.354 e. The van der Waals surface area contributed by atoms with Crippen molar-refractivity contribution in [2.24, 2.45) is 7.05 Å². The van der Waals surface area contributed by atoms with Gasteiger partial charge in [0.15, 0.2) is 0 Å². The van der Waals surface area contributed by atoms with Gasteiger partial charge in [0.2, 0.25) is 0 Å². The molecule has 0 saturated carbocycles. The number of rotatable bonds is 3. The molecule has 1 aromatic carbocycles. The lowest BCUT2D eigenvalue weighted by Crippen LogP contribution is -2.44. The van der Waals surface area contributed by atoms with Crippen LogP contribution in [0, 0.1) is 0 Å². The molecule has 8 nitrogen and oxygen atoms in total. The van der Waals surface area contributed by atoms with Crippen molar-refractivity contribution in [1.82, 2.24) is 29.4 Å². The van der Waals surface area contributed by atoms with Crippen molar-refractivity contribution in [2.75, 3.05) is 38.1 Å². The van der Waals surface area contributed by atoms with Gasteiger partial charge in [0.25, 0.3) is 0 Å². The molecule has 8 heteroatoms. The summed E-state index contributed by atoms with van der Waals surface area (Å²) in [6.45, 7) is 3.99. The number of aromatic nitrogens is 5. The van der Waals surface area contributed by atoms with E-state index in [1.807, 2.05) is 36.7 Å². The normalized spacial score (nSPS) is 14.8. The van der Waals surface area contributed by atoms with Crippen molar-refractivity contribution in [3.8, 4) is 22.4 Å². The van der Waals surface area contributed by atoms with Crippen LogP contribution in [0.1, 0.15) is 0 Å². The molecule has 0 amide bonds. The Balaban J connectivity index is 1.48. The standard InChI is InChI=1S/C26H25N7O/c1-31-10-12-33(13-11-31)22-8-6-19(16-28-22)23-25-24(30-26(34)32(25)2)20-14-17(5-7-21(20)29-23)18-4-3-9-27-15-18/h3-9,14-16H,10-13H2,1-2H3,(H,30,34). The predicted molar refractivity (Wildman–Crippen MR) is 135 cm³/mol. The second-order valence-corrected chi connectivity index (χ2v) is 8.84. The number of aromatic amines is 1. The maximum atomic E-state index is 12.7. The first kappa shape index (κ1) is 20.6. The molecule has 0 bridgehead atoms. The molecule has 0 radical (unpaired) electrons. The van der Waals surface area contributed by atoms with E-state index in [2.05, 4.69) is 45.0 Å². The van der Waals surface area contributed by atoms with Gasteiger partial charge in [-0.3, -0.25) is 9.55 Å². The number of hydrogen-bond donors (Lipinski definition) is 1. The number of pyridine rings is 3. The fourth-order valence-corrected chi connectivity index (χ4v) is 4.66. The van der Waals surface area contributed by atoms with Crippen molar-refractivity contribution in [3.63, 3.8) is 0 Å². The van der Waals surface area contributed by atoms with Gasteiger partial charge < -0.3 is 14.8 Å². The highest BCUT2D eigenvalue weighted by Gasteiger charge is 2.19. The van der Waals surface area contributed by atoms with Crippen LogP contribution in [0.4, 0.5) is 5.82 Å². The molecule has 1 saturated heterocycles. The van der Waals surface area contributed by atoms with Crippen LogP contribution in [0.25, 0.3) is 44.3 Å². The van der Waals surface area contributed by atoms with E-state index in [0.717, 1.165) is 76.3 Å². The topological polar surface area (TPSA) is 82.9 Å². The lowest BCUT2D eigenvalue weighted by molar-refractivity contribution is 0.312. The molecule has 6 rings (SSSR count). The van der Waals surface area contributed by atoms with Crippen molar-refractivity contribution in [1.29, 1.82) is 0 Å². The van der Waals surface area contributed by atoms with Crippen molar-refractivity contribution < 1.29 is 0 Å². The highest BCUT2D eigenvalue weighted by molar-refractivity contribution is 6.08. The molecule has 1 aliphatic heterocycles. The maximum Gasteiger partial charge on any atom is 0.326 e. The zero-order chi connectivity index (χ0) is 23.2. The van der Waals surface area contributed by atoms with Crippen molar-refractivity contribution in [2.45, 2.75) is 0 Å². The molecule has 1 N–H and O–H groups in total. The summed E-state index contributed by atoms with van der Waals surface area (Å²) >= 11 is 0. The zero-order valence-electron chi connectivity index (χ0n) is 19.2. The van der Waals surface area contributed by atoms with E-state index in [9.17, 15) is 4.79 Å². The van der Waals surface area contributed by atoms with Crippen LogP contribution in [0.3, 0.4) is 0 Å². The number of likely N-dealkylation sites (N-methyl/N-ethyl adjacent to an activating group) is 1. The molecular formula is C26H25N7O. The molecule has 1 fully saturated rings. The monoisotopic (exact) mass is 451 g/mol. The Morgan fingerprint density at radius 3 is 2.47 bits per heavy atom. The highest BCUT2D eigenvalue weighted by Crippen LogP contribution is 2.33. The minimum atomic E-state index is -0.167. The number of fused-ring (bicyclic) bond motifs is 3. The number of imidazole rings is 1. The maximum absolute atomic E-state index is 12.7. The van der Waals surface area contributed by atoms with Crippen LogP contribution in [0.15, 0.2) is 65.8 Å². The molecule has 1 aliphatic rings. The first-order valence-electron chi connectivity index (χ1n) is 11.4. The van der Waals surface area contributed by atoms with E-state index < -0.39 is 0 Å². The summed E-state index contributed by atoms with van der Waals surface area (Å²) in [4.78, 5) is 34.3. The fourth-order valence-electron chi connectivity index (χ4n) is 4.66. The van der Waals surface area contributed by atoms with Crippen LogP contribution in [0.5, 0.6) is 0 Å². The fraction of sp³-hybridized carbons (Fsp3) is 0.231. The lowest BCUT2D eigenvalue weighted by atomic mass is 10.0. The number of H-pyrrole nitrogens is 1. The second kappa shape index (κ2) is 8.07. The van der Waals surface area contributed by atoms with Gasteiger partial charge in [0, 0.05) is 68.3 Å². The van der Waals surface area contributed by atoms with Crippen molar-refractivity contribution >= 4 is 27.8 Å². The Morgan fingerprint density at radius 2 is 1.74 bits per heavy atom. The number of anilines is 1. The van der Waals surface area contributed by atoms with E-state index in [4.69, 9.17) is 9.97 Å². The molecule has 0 aliphatic carbocycles. The average molecular weight is 452 g/mol. The Bertz CT molecular complexity index is 1550. The smallest absolute Gasteiger partial charge is 0.326 e. The summed E-state index contributed by atoms with van der Waals surface area (Å²) in [6.07, 6.45) is 5.46. The van der Waals surface area contributed by atoms with E-state index >= 15 is 0 Å². The Morgan fingerprint density at radius 1 is 0.912 bits per heavy atom. The molecule has 34 heavy (non-hydrogen) atoms. The van der Waals surface area contributed by atoms with E-state index in [1.165, 1.54) is 0 Å². The molecule has 0 atom stereocenters. The third-order valence-corrected chi connectivity index (χ3v) is 6.67. The summed E-state index contributed by atoms with van der Waals surface area (Å²) in [5.74, 6) is 0.970. The van der Waals surface area contributed by atoms with E-state index in [0.29, 0.717) is 0 Å². The lowest BCUT2D eigenvalue weighted by Gasteiger charge is -2.33. The number of piperazine rings is 1. The largest absolute Gasteiger partial charge is 0.354 e. The van der Waals surface area contributed by atoms with Gasteiger partial charge >= 0.3 is 5.69 Å². The average Bonchev–Trinajstić information content (AvgIpc) is 3.19. The first-order valence-corrected chi connectivity index (χ1v) is 11.4. The molecule has 0 unspecified atom stereocenters. The Kier molecular flexibility index (Phi) is 4.88. The van der Waals surface area contributed by atoms with E-state index in [-0.39, 0.29) is 5.69 Å². The van der Waals surface area contributed by atoms with Gasteiger partial charge in [-0.15, -0.1) is 0 Å². The Hall–Kier alpha value is -4.04. The number of aryl methyl sites for hydroxylation is 1. The molecule has 0 spiro atoms. The van der Waals surface area contributed by atoms with Crippen LogP contribution < -0.4 is 10.6 Å². The van der Waals surface area contributed by atoms with Gasteiger partial charge in [-0.2, -0.15) is 0 Å². The number of nitrogens with one attached hydrogen (secondary N) is 1. The number of hydrogen-bond acceptors (Lipinski definition) is 6. The van der Waals surface area contributed by atoms with E-state index in [1.54, 1.807) is 17.8 Å². The first-order chi connectivity index (χ1) is 16.6. The molecule has 5 heterocycles. The summed E-state index contributed by atoms with van der Waals surface area (Å²) in [7, 11) is 3.92. The highest BCUT2D eigenvalue weighted by atomic mass is 16.1. The zero-order valence-corrected chi connectivity index (χ0v) is 19.2. The molecular weight excluding hydrogens is 426 g/mol. The third-order valence-electron chi connectivity index (χ3n) is 6.67. The van der Waals surface area contributed by atoms with Gasteiger partial charge in [0.05, 0.1) is 22.2 Å². The van der Waals surface area contributed by atoms with Gasteiger partial charge in [-0.1, -0.05) is 12.1 Å². The number of benzene rings is 1. The summed E-state index contributed by atoms with van der Waals surface area (Å²) in [5, 5.41) is 0.903. The SMILES string of the molecule is CN1CCN(c2ccc(-c3nc4ccc(-c5cccnc5)cc4c4[nH]c(=O)n(C)c34)cn2)CC1. The van der Waals surface area contributed by atoms with Gasteiger partial charge in [-0.25, -0.2) is 14.8 Å². The van der Waals surface area contributed by atoms with Gasteiger partial charge in [0.1, 0.15) is 5.82 Å². The molecule has 5 aromatic rings. The molecule has 170 valence electrons. The van der Waals surface area contributed by atoms with Crippen LogP contribution in [-0.2, 0) is 7.05 Å². The molecule has 4 aromatic heterocycles. The predicted octanol–water partition coefficient (Wildman–Crippen LogP) is 3.29. The van der Waals surface area contributed by atoms with Crippen LogP contribution in [-0.4, -0.2) is 62.6 Å².